The predicted molar refractivity (Wildman–Crippen MR) is 56.8 cm³/mol. The van der Waals surface area contributed by atoms with Crippen LogP contribution in [0, 0.1) is 35.5 Å². The average molecular weight is 194 g/mol. The molecule has 4 rings (SSSR count). The standard InChI is InChI=1S/C13H22O/c1-7-9-4-10-6-11(7)13(3,14)12(5-9)8(10)2/h7-12,14H,4-6H2,1-3H3. The van der Waals surface area contributed by atoms with E-state index >= 15 is 0 Å². The van der Waals surface area contributed by atoms with Crippen molar-refractivity contribution in [2.24, 2.45) is 35.5 Å². The van der Waals surface area contributed by atoms with E-state index in [4.69, 9.17) is 0 Å². The normalized spacial score (nSPS) is 66.0. The number of aliphatic hydroxyl groups is 1. The summed E-state index contributed by atoms with van der Waals surface area (Å²) in [5.74, 6) is 4.60. The minimum Gasteiger partial charge on any atom is -0.390 e. The summed E-state index contributed by atoms with van der Waals surface area (Å²) in [7, 11) is 0. The topological polar surface area (TPSA) is 20.2 Å². The molecule has 4 aliphatic rings. The molecule has 1 heteroatoms. The van der Waals surface area contributed by atoms with Gasteiger partial charge in [0.1, 0.15) is 0 Å². The van der Waals surface area contributed by atoms with E-state index < -0.39 is 0 Å². The second kappa shape index (κ2) is 2.55. The summed E-state index contributed by atoms with van der Waals surface area (Å²) >= 11 is 0. The number of rotatable bonds is 0. The smallest absolute Gasteiger partial charge is 0.0681 e. The van der Waals surface area contributed by atoms with Crippen LogP contribution in [0.2, 0.25) is 0 Å². The van der Waals surface area contributed by atoms with E-state index in [1.54, 1.807) is 0 Å². The monoisotopic (exact) mass is 194 g/mol. The van der Waals surface area contributed by atoms with Gasteiger partial charge in [0.05, 0.1) is 5.60 Å². The third-order valence-electron chi connectivity index (χ3n) is 5.98. The zero-order chi connectivity index (χ0) is 10.1. The molecule has 6 unspecified atom stereocenters. The molecule has 14 heavy (non-hydrogen) atoms. The molecule has 4 bridgehead atoms. The third-order valence-corrected chi connectivity index (χ3v) is 5.98. The molecular weight excluding hydrogens is 172 g/mol. The SMILES string of the molecule is CC1C2CC3CC1C(C)(O)C(C2)C3C. The number of hydrogen-bond donors (Lipinski definition) is 1. The fraction of sp³-hybridized carbons (Fsp3) is 1.00. The van der Waals surface area contributed by atoms with Gasteiger partial charge >= 0.3 is 0 Å². The van der Waals surface area contributed by atoms with Gasteiger partial charge in [-0.1, -0.05) is 13.8 Å². The minimum atomic E-state index is -0.355. The lowest BCUT2D eigenvalue weighted by molar-refractivity contribution is -0.210. The Morgan fingerprint density at radius 2 is 1.36 bits per heavy atom. The van der Waals surface area contributed by atoms with Crippen molar-refractivity contribution >= 4 is 0 Å². The molecule has 0 heterocycles. The zero-order valence-corrected chi connectivity index (χ0v) is 9.53. The van der Waals surface area contributed by atoms with Crippen molar-refractivity contribution in [3.63, 3.8) is 0 Å². The van der Waals surface area contributed by atoms with Crippen molar-refractivity contribution in [2.75, 3.05) is 0 Å². The molecule has 0 spiro atoms. The average Bonchev–Trinajstić information content (AvgIpc) is 2.11. The van der Waals surface area contributed by atoms with E-state index in [0.29, 0.717) is 11.8 Å². The summed E-state index contributed by atoms with van der Waals surface area (Å²) in [6.07, 6.45) is 4.04. The molecule has 1 N–H and O–H groups in total. The lowest BCUT2D eigenvalue weighted by Crippen LogP contribution is -2.62. The van der Waals surface area contributed by atoms with E-state index in [-0.39, 0.29) is 5.60 Å². The van der Waals surface area contributed by atoms with Crippen LogP contribution < -0.4 is 0 Å². The second-order valence-electron chi connectivity index (χ2n) is 6.38. The van der Waals surface area contributed by atoms with E-state index in [2.05, 4.69) is 20.8 Å². The maximum absolute atomic E-state index is 10.6. The molecule has 80 valence electrons. The molecule has 1 nitrogen and oxygen atoms in total. The maximum atomic E-state index is 10.6. The van der Waals surface area contributed by atoms with Crippen molar-refractivity contribution in [1.29, 1.82) is 0 Å². The summed E-state index contributed by atoms with van der Waals surface area (Å²) in [4.78, 5) is 0. The highest BCUT2D eigenvalue weighted by atomic mass is 16.3. The Morgan fingerprint density at radius 1 is 0.929 bits per heavy atom. The van der Waals surface area contributed by atoms with Gasteiger partial charge in [-0.2, -0.15) is 0 Å². The van der Waals surface area contributed by atoms with Crippen LogP contribution in [-0.2, 0) is 0 Å². The van der Waals surface area contributed by atoms with Gasteiger partial charge in [0.2, 0.25) is 0 Å². The second-order valence-corrected chi connectivity index (χ2v) is 6.38. The van der Waals surface area contributed by atoms with Gasteiger partial charge in [-0.25, -0.2) is 0 Å². The predicted octanol–water partition coefficient (Wildman–Crippen LogP) is 2.69. The molecule has 4 fully saturated rings. The van der Waals surface area contributed by atoms with Gasteiger partial charge in [-0.15, -0.1) is 0 Å². The summed E-state index contributed by atoms with van der Waals surface area (Å²) in [6.45, 7) is 6.84. The Kier molecular flexibility index (Phi) is 1.68. The summed E-state index contributed by atoms with van der Waals surface area (Å²) in [5.41, 5.74) is -0.355. The van der Waals surface area contributed by atoms with Crippen LogP contribution in [-0.4, -0.2) is 10.7 Å². The van der Waals surface area contributed by atoms with Gasteiger partial charge < -0.3 is 5.11 Å². The molecule has 0 aliphatic heterocycles. The lowest BCUT2D eigenvalue weighted by Gasteiger charge is -2.63. The van der Waals surface area contributed by atoms with Gasteiger partial charge in [0.15, 0.2) is 0 Å². The Morgan fingerprint density at radius 3 is 1.79 bits per heavy atom. The highest BCUT2D eigenvalue weighted by molar-refractivity contribution is 5.09. The molecule has 4 aliphatic carbocycles. The highest BCUT2D eigenvalue weighted by Crippen LogP contribution is 2.62. The Bertz CT molecular complexity index is 234. The van der Waals surface area contributed by atoms with E-state index in [0.717, 1.165) is 23.7 Å². The first-order valence-electron chi connectivity index (χ1n) is 6.24. The van der Waals surface area contributed by atoms with Crippen molar-refractivity contribution in [3.05, 3.63) is 0 Å². The molecular formula is C13H22O. The molecule has 4 saturated carbocycles. The van der Waals surface area contributed by atoms with Gasteiger partial charge in [-0.05, 0) is 61.7 Å². The van der Waals surface area contributed by atoms with Crippen LogP contribution in [0.4, 0.5) is 0 Å². The first-order valence-corrected chi connectivity index (χ1v) is 6.24. The van der Waals surface area contributed by atoms with E-state index in [9.17, 15) is 5.11 Å². The van der Waals surface area contributed by atoms with Crippen LogP contribution in [0.15, 0.2) is 0 Å². The van der Waals surface area contributed by atoms with Crippen LogP contribution >= 0.6 is 0 Å². The summed E-state index contributed by atoms with van der Waals surface area (Å²) in [6, 6.07) is 0. The van der Waals surface area contributed by atoms with Crippen LogP contribution in [0.3, 0.4) is 0 Å². The van der Waals surface area contributed by atoms with Crippen molar-refractivity contribution in [3.8, 4) is 0 Å². The van der Waals surface area contributed by atoms with Crippen LogP contribution in [0.25, 0.3) is 0 Å². The molecule has 0 saturated heterocycles. The van der Waals surface area contributed by atoms with E-state index in [1.807, 2.05) is 0 Å². The maximum Gasteiger partial charge on any atom is 0.0681 e. The van der Waals surface area contributed by atoms with Crippen LogP contribution in [0.1, 0.15) is 40.0 Å². The van der Waals surface area contributed by atoms with Gasteiger partial charge in [-0.3, -0.25) is 0 Å². The summed E-state index contributed by atoms with van der Waals surface area (Å²) in [5, 5.41) is 10.6. The van der Waals surface area contributed by atoms with Gasteiger partial charge in [0.25, 0.3) is 0 Å². The zero-order valence-electron chi connectivity index (χ0n) is 9.53. The lowest BCUT2D eigenvalue weighted by atomic mass is 9.44. The number of hydrogen-bond acceptors (Lipinski definition) is 1. The first kappa shape index (κ1) is 9.21. The largest absolute Gasteiger partial charge is 0.390 e. The Hall–Kier alpha value is -0.0400. The molecule has 6 atom stereocenters. The fourth-order valence-corrected chi connectivity index (χ4v) is 5.00. The molecule has 0 aromatic heterocycles. The first-order chi connectivity index (χ1) is 6.51. The van der Waals surface area contributed by atoms with E-state index in [1.165, 1.54) is 19.3 Å². The Balaban J connectivity index is 2.01. The third kappa shape index (κ3) is 0.900. The molecule has 0 aromatic carbocycles. The fourth-order valence-electron chi connectivity index (χ4n) is 5.00. The summed E-state index contributed by atoms with van der Waals surface area (Å²) < 4.78 is 0. The molecule has 0 radical (unpaired) electrons. The highest BCUT2D eigenvalue weighted by Gasteiger charge is 2.59. The van der Waals surface area contributed by atoms with Crippen LogP contribution in [0.5, 0.6) is 0 Å². The van der Waals surface area contributed by atoms with Crippen molar-refractivity contribution < 1.29 is 5.11 Å². The van der Waals surface area contributed by atoms with Crippen molar-refractivity contribution in [2.45, 2.75) is 45.6 Å². The van der Waals surface area contributed by atoms with Gasteiger partial charge in [0, 0.05) is 0 Å². The Labute approximate surface area is 86.9 Å². The quantitative estimate of drug-likeness (QED) is 0.628. The minimum absolute atomic E-state index is 0.355. The van der Waals surface area contributed by atoms with Crippen molar-refractivity contribution in [1.82, 2.24) is 0 Å². The molecule has 0 amide bonds. The molecule has 0 aromatic rings.